The molecule has 3 rings (SSSR count). The van der Waals surface area contributed by atoms with Gasteiger partial charge in [-0.15, -0.1) is 0 Å². The lowest BCUT2D eigenvalue weighted by Gasteiger charge is -2.43. The van der Waals surface area contributed by atoms with E-state index in [1.807, 2.05) is 0 Å². The highest BCUT2D eigenvalue weighted by molar-refractivity contribution is 4.92. The Morgan fingerprint density at radius 3 is 1.64 bits per heavy atom. The molecule has 0 radical (unpaired) electrons. The van der Waals surface area contributed by atoms with E-state index < -0.39 is 99.2 Å². The van der Waals surface area contributed by atoms with E-state index in [1.165, 1.54) is 0 Å². The average molecular weight is 488 g/mol. The zero-order valence-electron chi connectivity index (χ0n) is 17.4. The van der Waals surface area contributed by atoms with E-state index in [9.17, 15) is 51.1 Å². The van der Waals surface area contributed by atoms with Gasteiger partial charge in [-0.1, -0.05) is 0 Å². The molecule has 0 unspecified atom stereocenters. The quantitative estimate of drug-likeness (QED) is 0.160. The molecule has 0 bridgehead atoms. The van der Waals surface area contributed by atoms with Gasteiger partial charge in [-0.25, -0.2) is 0 Å². The lowest BCUT2D eigenvalue weighted by Crippen LogP contribution is -2.62. The van der Waals surface area contributed by atoms with Crippen LogP contribution in [0.2, 0.25) is 0 Å². The van der Waals surface area contributed by atoms with Gasteiger partial charge in [-0.3, -0.25) is 0 Å². The Balaban J connectivity index is 1.55. The summed E-state index contributed by atoms with van der Waals surface area (Å²) in [7, 11) is 0. The molecule has 0 aliphatic carbocycles. The third-order valence-electron chi connectivity index (χ3n) is 5.91. The predicted octanol–water partition coefficient (Wildman–Crippen LogP) is -6.54. The van der Waals surface area contributed by atoms with E-state index in [-0.39, 0.29) is 13.0 Å². The second-order valence-electron chi connectivity index (χ2n) is 8.32. The van der Waals surface area contributed by atoms with Crippen molar-refractivity contribution in [2.24, 2.45) is 0 Å². The molecule has 14 atom stereocenters. The summed E-state index contributed by atoms with van der Waals surface area (Å²) in [6.07, 6.45) is -20.9. The SMILES string of the molecule is OC[C@H]1O[C@@H](OC[C@H]2O[C@@H](OC[C@@H]3C[C@H](O)[C@@H](O)[C@H](O)O3)[C@H](O)[C@@H](O)[C@H]2O)[C@H](O)[C@@H](O)[C@H]1O. The minimum Gasteiger partial charge on any atom is -0.394 e. The Bertz CT molecular complexity index is 597. The molecule has 0 amide bonds. The lowest BCUT2D eigenvalue weighted by atomic mass is 9.98. The van der Waals surface area contributed by atoms with Crippen LogP contribution in [0.4, 0.5) is 0 Å². The van der Waals surface area contributed by atoms with Gasteiger partial charge in [-0.2, -0.15) is 0 Å². The predicted molar refractivity (Wildman–Crippen MR) is 99.9 cm³/mol. The van der Waals surface area contributed by atoms with Crippen LogP contribution in [0.1, 0.15) is 6.42 Å². The van der Waals surface area contributed by atoms with Gasteiger partial charge in [0.15, 0.2) is 18.9 Å². The van der Waals surface area contributed by atoms with Crippen LogP contribution in [-0.2, 0) is 23.7 Å². The van der Waals surface area contributed by atoms with Crippen molar-refractivity contribution in [3.05, 3.63) is 0 Å². The number of hydrogen-bond acceptors (Lipinski definition) is 15. The number of rotatable bonds is 7. The summed E-state index contributed by atoms with van der Waals surface area (Å²) in [4.78, 5) is 0. The molecular formula is C18H32O15. The average Bonchev–Trinajstić information content (AvgIpc) is 2.79. The first-order valence-corrected chi connectivity index (χ1v) is 10.5. The van der Waals surface area contributed by atoms with E-state index in [1.54, 1.807) is 0 Å². The molecule has 3 heterocycles. The minimum atomic E-state index is -1.72. The molecule has 0 aromatic heterocycles. The standard InChI is InChI=1S/C18H32O15/c19-2-7-10(22)12(24)14(26)18(32-7)30-4-8-11(23)13(25)15(27)17(33-8)29-3-5-1-6(20)9(21)16(28)31-5/h5-28H,1-4H2/t5-,6-,7+,8+,9+,10-,11-,12-,13-,14+,15+,16+,17+,18+/m0/s1. The summed E-state index contributed by atoms with van der Waals surface area (Å²) < 4.78 is 26.4. The zero-order valence-corrected chi connectivity index (χ0v) is 17.4. The fourth-order valence-corrected chi connectivity index (χ4v) is 3.83. The van der Waals surface area contributed by atoms with Gasteiger partial charge in [0, 0.05) is 6.42 Å². The normalized spacial score (nSPS) is 51.5. The first-order valence-electron chi connectivity index (χ1n) is 10.5. The molecule has 0 aromatic rings. The molecule has 3 saturated heterocycles. The van der Waals surface area contributed by atoms with Crippen molar-refractivity contribution in [3.8, 4) is 0 Å². The van der Waals surface area contributed by atoms with Crippen molar-refractivity contribution in [2.75, 3.05) is 19.8 Å². The molecule has 15 nitrogen and oxygen atoms in total. The van der Waals surface area contributed by atoms with Crippen LogP contribution < -0.4 is 0 Å². The maximum atomic E-state index is 10.2. The zero-order chi connectivity index (χ0) is 24.4. The van der Waals surface area contributed by atoms with Crippen LogP contribution in [0.15, 0.2) is 0 Å². The highest BCUT2D eigenvalue weighted by Gasteiger charge is 2.48. The summed E-state index contributed by atoms with van der Waals surface area (Å²) in [5.74, 6) is 0. The summed E-state index contributed by atoms with van der Waals surface area (Å²) in [5.41, 5.74) is 0. The maximum Gasteiger partial charge on any atom is 0.186 e. The van der Waals surface area contributed by atoms with Gasteiger partial charge in [-0.05, 0) is 0 Å². The molecule has 10 N–H and O–H groups in total. The fourth-order valence-electron chi connectivity index (χ4n) is 3.83. The van der Waals surface area contributed by atoms with Crippen molar-refractivity contribution >= 4 is 0 Å². The Hall–Kier alpha value is -0.600. The molecule has 3 fully saturated rings. The molecule has 194 valence electrons. The highest BCUT2D eigenvalue weighted by Crippen LogP contribution is 2.27. The second-order valence-corrected chi connectivity index (χ2v) is 8.32. The monoisotopic (exact) mass is 488 g/mol. The number of ether oxygens (including phenoxy) is 5. The molecule has 0 spiro atoms. The molecule has 3 aliphatic heterocycles. The van der Waals surface area contributed by atoms with Gasteiger partial charge < -0.3 is 74.7 Å². The second kappa shape index (κ2) is 11.4. The molecule has 3 aliphatic rings. The number of hydrogen-bond donors (Lipinski definition) is 10. The minimum absolute atomic E-state index is 0.0874. The van der Waals surface area contributed by atoms with Crippen molar-refractivity contribution in [1.29, 1.82) is 0 Å². The molecule has 0 saturated carbocycles. The summed E-state index contributed by atoms with van der Waals surface area (Å²) in [6.45, 7) is -1.50. The van der Waals surface area contributed by atoms with Crippen molar-refractivity contribution < 1.29 is 74.7 Å². The van der Waals surface area contributed by atoms with Crippen molar-refractivity contribution in [2.45, 2.75) is 92.4 Å². The first kappa shape index (κ1) is 27.0. The van der Waals surface area contributed by atoms with Crippen LogP contribution in [0.25, 0.3) is 0 Å². The molecular weight excluding hydrogens is 456 g/mol. The fraction of sp³-hybridized carbons (Fsp3) is 1.00. The maximum absolute atomic E-state index is 10.2. The first-order chi connectivity index (χ1) is 15.5. The Labute approximate surface area is 187 Å². The Morgan fingerprint density at radius 1 is 0.576 bits per heavy atom. The Kier molecular flexibility index (Phi) is 9.35. The third-order valence-corrected chi connectivity index (χ3v) is 5.91. The molecule has 15 heteroatoms. The largest absolute Gasteiger partial charge is 0.394 e. The smallest absolute Gasteiger partial charge is 0.186 e. The van der Waals surface area contributed by atoms with Crippen LogP contribution in [0.5, 0.6) is 0 Å². The lowest BCUT2D eigenvalue weighted by molar-refractivity contribution is -0.336. The number of aliphatic hydroxyl groups is 10. The van der Waals surface area contributed by atoms with Gasteiger partial charge in [0.2, 0.25) is 0 Å². The van der Waals surface area contributed by atoms with Gasteiger partial charge in [0.1, 0.15) is 54.9 Å². The topological polar surface area (TPSA) is 248 Å². The summed E-state index contributed by atoms with van der Waals surface area (Å²) in [5, 5.41) is 98.1. The van der Waals surface area contributed by atoms with E-state index in [0.29, 0.717) is 0 Å². The van der Waals surface area contributed by atoms with Crippen LogP contribution in [0.3, 0.4) is 0 Å². The summed E-state index contributed by atoms with van der Waals surface area (Å²) >= 11 is 0. The van der Waals surface area contributed by atoms with Crippen molar-refractivity contribution in [3.63, 3.8) is 0 Å². The molecule has 33 heavy (non-hydrogen) atoms. The number of aliphatic hydroxyl groups excluding tert-OH is 10. The van der Waals surface area contributed by atoms with Crippen LogP contribution >= 0.6 is 0 Å². The summed E-state index contributed by atoms with van der Waals surface area (Å²) in [6, 6.07) is 0. The van der Waals surface area contributed by atoms with Gasteiger partial charge in [0.25, 0.3) is 0 Å². The van der Waals surface area contributed by atoms with E-state index in [0.717, 1.165) is 0 Å². The van der Waals surface area contributed by atoms with E-state index in [2.05, 4.69) is 0 Å². The van der Waals surface area contributed by atoms with E-state index >= 15 is 0 Å². The van der Waals surface area contributed by atoms with Crippen molar-refractivity contribution in [1.82, 2.24) is 0 Å². The third kappa shape index (κ3) is 5.97. The van der Waals surface area contributed by atoms with Crippen LogP contribution in [0, 0.1) is 0 Å². The van der Waals surface area contributed by atoms with E-state index in [4.69, 9.17) is 23.7 Å². The highest BCUT2D eigenvalue weighted by atomic mass is 16.7. The molecule has 0 aromatic carbocycles. The Morgan fingerprint density at radius 2 is 1.09 bits per heavy atom. The van der Waals surface area contributed by atoms with Crippen LogP contribution in [-0.4, -0.2) is 157 Å². The van der Waals surface area contributed by atoms with Gasteiger partial charge >= 0.3 is 0 Å². The van der Waals surface area contributed by atoms with Gasteiger partial charge in [0.05, 0.1) is 32.0 Å².